The van der Waals surface area contributed by atoms with Gasteiger partial charge in [-0.05, 0) is 92.0 Å². The van der Waals surface area contributed by atoms with E-state index in [0.717, 1.165) is 70.1 Å². The third-order valence-corrected chi connectivity index (χ3v) is 9.12. The predicted octanol–water partition coefficient (Wildman–Crippen LogP) is 9.27. The van der Waals surface area contributed by atoms with Crippen LogP contribution in [-0.2, 0) is 4.79 Å². The Balaban J connectivity index is 1.30. The maximum atomic E-state index is 12.7. The van der Waals surface area contributed by atoms with Gasteiger partial charge in [-0.25, -0.2) is 0 Å². The number of unbranched alkanes of at least 4 members (excludes halogenated alkanes) is 3. The van der Waals surface area contributed by atoms with Crippen LogP contribution in [0.4, 0.5) is 0 Å². The lowest BCUT2D eigenvalue weighted by atomic mass is 9.59. The molecule has 0 aromatic heterocycles. The van der Waals surface area contributed by atoms with Crippen LogP contribution in [0.25, 0.3) is 11.1 Å². The lowest BCUT2D eigenvalue weighted by Crippen LogP contribution is -2.38. The highest BCUT2D eigenvalue weighted by Crippen LogP contribution is 2.51. The molecule has 0 aliphatic heterocycles. The molecule has 2 aliphatic rings. The fraction of sp³-hybridized carbons (Fsp3) is 0.588. The van der Waals surface area contributed by atoms with Crippen molar-refractivity contribution in [3.8, 4) is 22.9 Å². The van der Waals surface area contributed by atoms with Gasteiger partial charge in [-0.1, -0.05) is 75.9 Å². The number of hydrogen-bond donors (Lipinski definition) is 0. The Labute approximate surface area is 224 Å². The summed E-state index contributed by atoms with van der Waals surface area (Å²) < 4.78 is 5.89. The highest BCUT2D eigenvalue weighted by molar-refractivity contribution is 5.82. The molecule has 3 nitrogen and oxygen atoms in total. The highest BCUT2D eigenvalue weighted by Gasteiger charge is 2.45. The number of carbonyl (C=O) groups is 1. The van der Waals surface area contributed by atoms with Crippen molar-refractivity contribution in [3.05, 3.63) is 54.1 Å². The number of nitriles is 1. The molecule has 2 atom stereocenters. The van der Waals surface area contributed by atoms with Crippen molar-refractivity contribution in [2.75, 3.05) is 6.61 Å². The van der Waals surface area contributed by atoms with Gasteiger partial charge in [-0.2, -0.15) is 5.26 Å². The Morgan fingerprint density at radius 2 is 1.54 bits per heavy atom. The molecule has 2 saturated carbocycles. The minimum atomic E-state index is -0.302. The smallest absolute Gasteiger partial charge is 0.136 e. The van der Waals surface area contributed by atoms with Gasteiger partial charge in [0.05, 0.1) is 18.1 Å². The summed E-state index contributed by atoms with van der Waals surface area (Å²) in [6, 6.07) is 20.2. The fourth-order valence-corrected chi connectivity index (χ4v) is 6.69. The number of ether oxygens (including phenoxy) is 1. The first kappa shape index (κ1) is 27.4. The third-order valence-electron chi connectivity index (χ3n) is 9.12. The first-order valence-corrected chi connectivity index (χ1v) is 14.9. The number of nitrogens with zero attached hydrogens (tertiary/aromatic N) is 1. The number of carbonyl (C=O) groups excluding carboxylic acids is 1. The largest absolute Gasteiger partial charge is 0.494 e. The summed E-state index contributed by atoms with van der Waals surface area (Å²) in [4.78, 5) is 12.7. The molecular weight excluding hydrogens is 454 g/mol. The minimum absolute atomic E-state index is 0.242. The summed E-state index contributed by atoms with van der Waals surface area (Å²) in [6.45, 7) is 5.18. The summed E-state index contributed by atoms with van der Waals surface area (Å²) >= 11 is 0. The number of benzene rings is 2. The molecule has 0 amide bonds. The summed E-state index contributed by atoms with van der Waals surface area (Å²) in [5.74, 6) is 2.36. The fourth-order valence-electron chi connectivity index (χ4n) is 6.69. The average molecular weight is 500 g/mol. The molecule has 0 bridgehead atoms. The maximum Gasteiger partial charge on any atom is 0.136 e. The van der Waals surface area contributed by atoms with E-state index in [1.54, 1.807) is 0 Å². The van der Waals surface area contributed by atoms with Crippen molar-refractivity contribution in [2.45, 2.75) is 103 Å². The standard InChI is InChI=1S/C34H45NO2/c1-3-5-6-7-23-37-32-17-14-28(15-18-32)26-9-11-27(12-10-26)29-19-21-34(25-35,22-20-29)31-16-13-30(8-4-2)33(36)24-31/h9-12,14-15,17-18,29-31H,3-8,13,16,19-24H2,1-2H3/t29-,30-,31-,34+/m1/s1. The number of ketones is 1. The third kappa shape index (κ3) is 6.84. The van der Waals surface area contributed by atoms with Gasteiger partial charge in [0.1, 0.15) is 11.5 Å². The van der Waals surface area contributed by atoms with Crippen molar-refractivity contribution in [1.82, 2.24) is 0 Å². The molecule has 0 N–H and O–H groups in total. The van der Waals surface area contributed by atoms with Gasteiger partial charge in [0, 0.05) is 12.3 Å². The quantitative estimate of drug-likeness (QED) is 0.289. The van der Waals surface area contributed by atoms with Crippen molar-refractivity contribution in [2.24, 2.45) is 17.3 Å². The zero-order chi connectivity index (χ0) is 26.1. The van der Waals surface area contributed by atoms with Gasteiger partial charge in [-0.3, -0.25) is 4.79 Å². The molecule has 37 heavy (non-hydrogen) atoms. The molecule has 4 rings (SSSR count). The Bertz CT molecular complexity index is 1020. The van der Waals surface area contributed by atoms with Crippen molar-refractivity contribution < 1.29 is 9.53 Å². The molecule has 0 spiro atoms. The molecule has 2 aliphatic carbocycles. The molecule has 0 unspecified atom stereocenters. The highest BCUT2D eigenvalue weighted by atomic mass is 16.5. The van der Waals surface area contributed by atoms with Gasteiger partial charge in [0.2, 0.25) is 0 Å². The minimum Gasteiger partial charge on any atom is -0.494 e. The van der Waals surface area contributed by atoms with Gasteiger partial charge in [0.25, 0.3) is 0 Å². The SMILES string of the molecule is CCCCCCOc1ccc(-c2ccc([C@H]3CC[C@@](C#N)([C@@H]4CC[C@@H](CCC)C(=O)C4)CC3)cc2)cc1. The van der Waals surface area contributed by atoms with Crippen LogP contribution in [0, 0.1) is 28.6 Å². The summed E-state index contributed by atoms with van der Waals surface area (Å²) in [5, 5.41) is 10.2. The van der Waals surface area contributed by atoms with E-state index in [4.69, 9.17) is 4.74 Å². The van der Waals surface area contributed by atoms with Gasteiger partial charge in [-0.15, -0.1) is 0 Å². The number of Topliss-reactive ketones (excluding diaryl/α,β-unsaturated/α-hetero) is 1. The molecule has 0 saturated heterocycles. The first-order chi connectivity index (χ1) is 18.1. The second-order valence-electron chi connectivity index (χ2n) is 11.5. The Kier molecular flexibility index (Phi) is 9.84. The van der Waals surface area contributed by atoms with Crippen molar-refractivity contribution >= 4 is 5.78 Å². The molecule has 2 fully saturated rings. The van der Waals surface area contributed by atoms with Crippen LogP contribution in [-0.4, -0.2) is 12.4 Å². The van der Waals surface area contributed by atoms with Crippen LogP contribution in [0.15, 0.2) is 48.5 Å². The Morgan fingerprint density at radius 3 is 2.14 bits per heavy atom. The van der Waals surface area contributed by atoms with Gasteiger partial charge >= 0.3 is 0 Å². The van der Waals surface area contributed by atoms with Crippen LogP contribution < -0.4 is 4.74 Å². The first-order valence-electron chi connectivity index (χ1n) is 14.9. The number of rotatable bonds is 11. The van der Waals surface area contributed by atoms with Crippen LogP contribution in [0.1, 0.15) is 109 Å². The van der Waals surface area contributed by atoms with Crippen LogP contribution >= 0.6 is 0 Å². The summed E-state index contributed by atoms with van der Waals surface area (Å²) in [7, 11) is 0. The summed E-state index contributed by atoms with van der Waals surface area (Å²) in [6.07, 6.45) is 13.6. The number of hydrogen-bond acceptors (Lipinski definition) is 3. The Hall–Kier alpha value is -2.60. The normalized spacial score (nSPS) is 26.0. The Morgan fingerprint density at radius 1 is 0.865 bits per heavy atom. The molecule has 2 aromatic rings. The second kappa shape index (κ2) is 13.3. The van der Waals surface area contributed by atoms with Crippen LogP contribution in [0.5, 0.6) is 5.75 Å². The van der Waals surface area contributed by atoms with Gasteiger partial charge < -0.3 is 4.74 Å². The summed E-state index contributed by atoms with van der Waals surface area (Å²) in [5.41, 5.74) is 3.51. The molecule has 198 valence electrons. The van der Waals surface area contributed by atoms with E-state index in [1.807, 2.05) is 0 Å². The molecule has 0 radical (unpaired) electrons. The molecule has 0 heterocycles. The topological polar surface area (TPSA) is 50.1 Å². The zero-order valence-electron chi connectivity index (χ0n) is 23.0. The predicted molar refractivity (Wildman–Crippen MR) is 152 cm³/mol. The van der Waals surface area contributed by atoms with E-state index in [9.17, 15) is 10.1 Å². The maximum absolute atomic E-state index is 12.7. The second-order valence-corrected chi connectivity index (χ2v) is 11.5. The lowest BCUT2D eigenvalue weighted by Gasteiger charge is -2.43. The van der Waals surface area contributed by atoms with E-state index >= 15 is 0 Å². The lowest BCUT2D eigenvalue weighted by molar-refractivity contribution is -0.128. The molecular formula is C34H45NO2. The van der Waals surface area contributed by atoms with E-state index < -0.39 is 0 Å². The molecule has 2 aromatic carbocycles. The van der Waals surface area contributed by atoms with Gasteiger partial charge in [0.15, 0.2) is 0 Å². The average Bonchev–Trinajstić information content (AvgIpc) is 2.95. The van der Waals surface area contributed by atoms with Crippen LogP contribution in [0.3, 0.4) is 0 Å². The van der Waals surface area contributed by atoms with E-state index in [-0.39, 0.29) is 17.3 Å². The van der Waals surface area contributed by atoms with Crippen LogP contribution in [0.2, 0.25) is 0 Å². The van der Waals surface area contributed by atoms with E-state index in [2.05, 4.69) is 68.4 Å². The zero-order valence-corrected chi connectivity index (χ0v) is 23.0. The van der Waals surface area contributed by atoms with Crippen molar-refractivity contribution in [1.29, 1.82) is 5.26 Å². The monoisotopic (exact) mass is 499 g/mol. The van der Waals surface area contributed by atoms with E-state index in [0.29, 0.717) is 18.1 Å². The molecule has 3 heteroatoms. The van der Waals surface area contributed by atoms with E-state index in [1.165, 1.54) is 36.0 Å². The van der Waals surface area contributed by atoms with Crippen molar-refractivity contribution in [3.63, 3.8) is 0 Å².